The topological polar surface area (TPSA) is 57.3 Å². The number of urea groups is 1. The highest BCUT2D eigenvalue weighted by molar-refractivity contribution is 7.09. The predicted molar refractivity (Wildman–Crippen MR) is 86.6 cm³/mol. The molecule has 0 radical (unpaired) electrons. The number of likely N-dealkylation sites (N-methyl/N-ethyl adjacent to an activating group) is 1. The average molecular weight is 310 g/mol. The molecular weight excluding hydrogens is 284 g/mol. The summed E-state index contributed by atoms with van der Waals surface area (Å²) in [6, 6.07) is -0.156. The highest BCUT2D eigenvalue weighted by atomic mass is 32.1. The van der Waals surface area contributed by atoms with E-state index in [1.54, 1.807) is 17.5 Å². The number of carbonyl (C=O) groups is 1. The zero-order valence-corrected chi connectivity index (χ0v) is 14.0. The van der Waals surface area contributed by atoms with Crippen LogP contribution in [0, 0.1) is 0 Å². The number of amides is 2. The van der Waals surface area contributed by atoms with Crippen LogP contribution in [0.5, 0.6) is 0 Å². The van der Waals surface area contributed by atoms with Gasteiger partial charge in [0.1, 0.15) is 5.01 Å². The van der Waals surface area contributed by atoms with E-state index in [1.807, 2.05) is 12.3 Å². The molecule has 118 valence electrons. The SMILES string of the molecule is C[C@H](NC(=O)NCC1(N(C)C)CCCCC1)c1nccs1. The van der Waals surface area contributed by atoms with Gasteiger partial charge in [-0.1, -0.05) is 19.3 Å². The fourth-order valence-corrected chi connectivity index (χ4v) is 3.64. The Balaban J connectivity index is 1.84. The lowest BCUT2D eigenvalue weighted by atomic mass is 9.80. The Morgan fingerprint density at radius 3 is 2.71 bits per heavy atom. The van der Waals surface area contributed by atoms with E-state index >= 15 is 0 Å². The van der Waals surface area contributed by atoms with Crippen molar-refractivity contribution < 1.29 is 4.79 Å². The fourth-order valence-electron chi connectivity index (χ4n) is 2.99. The molecule has 0 aromatic carbocycles. The number of hydrogen-bond acceptors (Lipinski definition) is 4. The molecule has 2 rings (SSSR count). The van der Waals surface area contributed by atoms with Gasteiger partial charge in [-0.15, -0.1) is 11.3 Å². The van der Waals surface area contributed by atoms with E-state index in [9.17, 15) is 4.79 Å². The molecule has 1 aromatic rings. The summed E-state index contributed by atoms with van der Waals surface area (Å²) in [5.41, 5.74) is 0.111. The molecular formula is C15H26N4OS. The van der Waals surface area contributed by atoms with Gasteiger partial charge in [0.15, 0.2) is 0 Å². The Bertz CT molecular complexity index is 441. The third kappa shape index (κ3) is 4.17. The first-order valence-electron chi connectivity index (χ1n) is 7.65. The normalized spacial score (nSPS) is 19.2. The molecule has 0 saturated heterocycles. The number of thiazole rings is 1. The van der Waals surface area contributed by atoms with E-state index in [2.05, 4.69) is 34.6 Å². The first-order chi connectivity index (χ1) is 10.0. The Kier molecular flexibility index (Phi) is 5.58. The molecule has 1 saturated carbocycles. The van der Waals surface area contributed by atoms with Crippen LogP contribution in [-0.2, 0) is 0 Å². The smallest absolute Gasteiger partial charge is 0.315 e. The van der Waals surface area contributed by atoms with Gasteiger partial charge in [0, 0.05) is 23.7 Å². The van der Waals surface area contributed by atoms with E-state index < -0.39 is 0 Å². The zero-order chi connectivity index (χ0) is 15.3. The minimum absolute atomic E-state index is 0.0494. The van der Waals surface area contributed by atoms with Crippen molar-refractivity contribution in [3.05, 3.63) is 16.6 Å². The molecule has 0 spiro atoms. The number of aromatic nitrogens is 1. The molecule has 6 heteroatoms. The van der Waals surface area contributed by atoms with Crippen molar-refractivity contribution in [1.82, 2.24) is 20.5 Å². The van der Waals surface area contributed by atoms with Crippen LogP contribution in [0.2, 0.25) is 0 Å². The van der Waals surface area contributed by atoms with Crippen LogP contribution in [0.25, 0.3) is 0 Å². The van der Waals surface area contributed by atoms with Crippen molar-refractivity contribution in [2.24, 2.45) is 0 Å². The second kappa shape index (κ2) is 7.22. The molecule has 1 heterocycles. The first kappa shape index (κ1) is 16.2. The molecule has 0 bridgehead atoms. The van der Waals surface area contributed by atoms with E-state index in [1.165, 1.54) is 19.3 Å². The van der Waals surface area contributed by atoms with E-state index in [4.69, 9.17) is 0 Å². The van der Waals surface area contributed by atoms with Crippen LogP contribution in [0.1, 0.15) is 50.1 Å². The maximum absolute atomic E-state index is 12.1. The van der Waals surface area contributed by atoms with Gasteiger partial charge in [-0.2, -0.15) is 0 Å². The standard InChI is InChI=1S/C15H26N4OS/c1-12(13-16-9-10-21-13)18-14(20)17-11-15(19(2)3)7-5-4-6-8-15/h9-10,12H,4-8,11H2,1-3H3,(H2,17,18,20)/t12-/m0/s1. The Labute approximate surface area is 131 Å². The first-order valence-corrected chi connectivity index (χ1v) is 8.53. The molecule has 0 aliphatic heterocycles. The molecule has 0 unspecified atom stereocenters. The molecule has 21 heavy (non-hydrogen) atoms. The van der Waals surface area contributed by atoms with Crippen molar-refractivity contribution in [1.29, 1.82) is 0 Å². The lowest BCUT2D eigenvalue weighted by molar-refractivity contribution is 0.101. The Hall–Kier alpha value is -1.14. The van der Waals surface area contributed by atoms with Crippen LogP contribution >= 0.6 is 11.3 Å². The van der Waals surface area contributed by atoms with Crippen LogP contribution < -0.4 is 10.6 Å². The maximum Gasteiger partial charge on any atom is 0.315 e. The summed E-state index contributed by atoms with van der Waals surface area (Å²) in [5.74, 6) is 0. The second-order valence-electron chi connectivity index (χ2n) is 6.10. The number of nitrogens with one attached hydrogen (secondary N) is 2. The number of hydrogen-bond donors (Lipinski definition) is 2. The number of nitrogens with zero attached hydrogens (tertiary/aromatic N) is 2. The summed E-state index contributed by atoms with van der Waals surface area (Å²) in [6.45, 7) is 2.66. The molecule has 2 N–H and O–H groups in total. The molecule has 1 atom stereocenters. The Morgan fingerprint density at radius 2 is 2.14 bits per heavy atom. The van der Waals surface area contributed by atoms with Gasteiger partial charge < -0.3 is 15.5 Å². The maximum atomic E-state index is 12.1. The van der Waals surface area contributed by atoms with E-state index in [-0.39, 0.29) is 17.6 Å². The van der Waals surface area contributed by atoms with Gasteiger partial charge in [0.2, 0.25) is 0 Å². The highest BCUT2D eigenvalue weighted by Crippen LogP contribution is 2.31. The van der Waals surface area contributed by atoms with E-state index in [0.717, 1.165) is 17.8 Å². The fraction of sp³-hybridized carbons (Fsp3) is 0.733. The molecule has 1 fully saturated rings. The van der Waals surface area contributed by atoms with Crippen LogP contribution in [-0.4, -0.2) is 42.1 Å². The largest absolute Gasteiger partial charge is 0.336 e. The minimum atomic E-state index is -0.107. The van der Waals surface area contributed by atoms with Crippen molar-refractivity contribution in [3.63, 3.8) is 0 Å². The zero-order valence-electron chi connectivity index (χ0n) is 13.2. The van der Waals surface area contributed by atoms with Crippen LogP contribution in [0.4, 0.5) is 4.79 Å². The van der Waals surface area contributed by atoms with Gasteiger partial charge in [0.25, 0.3) is 0 Å². The second-order valence-corrected chi connectivity index (χ2v) is 7.02. The summed E-state index contributed by atoms with van der Waals surface area (Å²) < 4.78 is 0. The minimum Gasteiger partial charge on any atom is -0.336 e. The number of carbonyl (C=O) groups excluding carboxylic acids is 1. The summed E-state index contributed by atoms with van der Waals surface area (Å²) in [6.07, 6.45) is 7.88. The van der Waals surface area contributed by atoms with Crippen molar-refractivity contribution in [2.45, 2.75) is 50.6 Å². The van der Waals surface area contributed by atoms with Crippen molar-refractivity contribution in [2.75, 3.05) is 20.6 Å². The van der Waals surface area contributed by atoms with Crippen molar-refractivity contribution >= 4 is 17.4 Å². The third-order valence-corrected chi connectivity index (χ3v) is 5.44. The number of rotatable bonds is 5. The summed E-state index contributed by atoms with van der Waals surface area (Å²) in [7, 11) is 4.23. The predicted octanol–water partition coefficient (Wildman–Crippen LogP) is 2.77. The third-order valence-electron chi connectivity index (χ3n) is 4.48. The molecule has 2 amide bonds. The lowest BCUT2D eigenvalue weighted by Crippen LogP contribution is -2.55. The lowest BCUT2D eigenvalue weighted by Gasteiger charge is -2.43. The summed E-state index contributed by atoms with van der Waals surface area (Å²) in [4.78, 5) is 18.6. The quantitative estimate of drug-likeness (QED) is 0.879. The van der Waals surface area contributed by atoms with Gasteiger partial charge in [0.05, 0.1) is 6.04 Å². The molecule has 1 aliphatic carbocycles. The van der Waals surface area contributed by atoms with Crippen LogP contribution in [0.15, 0.2) is 11.6 Å². The average Bonchev–Trinajstić information content (AvgIpc) is 3.00. The van der Waals surface area contributed by atoms with Gasteiger partial charge in [-0.25, -0.2) is 9.78 Å². The van der Waals surface area contributed by atoms with Gasteiger partial charge in [-0.05, 0) is 33.9 Å². The summed E-state index contributed by atoms with van der Waals surface area (Å²) >= 11 is 1.56. The molecule has 5 nitrogen and oxygen atoms in total. The monoisotopic (exact) mass is 310 g/mol. The molecule has 1 aliphatic rings. The van der Waals surface area contributed by atoms with Crippen LogP contribution in [0.3, 0.4) is 0 Å². The highest BCUT2D eigenvalue weighted by Gasteiger charge is 2.34. The van der Waals surface area contributed by atoms with Gasteiger partial charge >= 0.3 is 6.03 Å². The summed E-state index contributed by atoms with van der Waals surface area (Å²) in [5, 5.41) is 8.87. The molecule has 1 aromatic heterocycles. The van der Waals surface area contributed by atoms with Gasteiger partial charge in [-0.3, -0.25) is 0 Å². The van der Waals surface area contributed by atoms with E-state index in [0.29, 0.717) is 6.54 Å². The van der Waals surface area contributed by atoms with Crippen molar-refractivity contribution in [3.8, 4) is 0 Å². The Morgan fingerprint density at radius 1 is 1.43 bits per heavy atom.